The Morgan fingerprint density at radius 3 is 2.35 bits per heavy atom. The molecule has 0 bridgehead atoms. The molecule has 0 spiro atoms. The van der Waals surface area contributed by atoms with Crippen molar-refractivity contribution in [2.24, 2.45) is 0 Å². The molecule has 3 heterocycles. The first-order valence-corrected chi connectivity index (χ1v) is 11.7. The maximum absolute atomic E-state index is 13.3. The van der Waals surface area contributed by atoms with Gasteiger partial charge in [0.25, 0.3) is 0 Å². The van der Waals surface area contributed by atoms with Crippen molar-refractivity contribution < 1.29 is 9.59 Å². The molecule has 3 fully saturated rings. The Morgan fingerprint density at radius 1 is 0.806 bits per heavy atom. The number of carbonyl (C=O) groups is 2. The molecule has 2 aromatic rings. The van der Waals surface area contributed by atoms with Gasteiger partial charge in [-0.25, -0.2) is 0 Å². The molecule has 1 atom stereocenters. The lowest BCUT2D eigenvalue weighted by atomic mass is 9.97. The van der Waals surface area contributed by atoms with Gasteiger partial charge in [-0.1, -0.05) is 42.5 Å². The topological polar surface area (TPSA) is 55.9 Å². The summed E-state index contributed by atoms with van der Waals surface area (Å²) in [7, 11) is 0. The summed E-state index contributed by atoms with van der Waals surface area (Å²) in [6.07, 6.45) is 4.20. The molecule has 6 nitrogen and oxygen atoms in total. The Morgan fingerprint density at radius 2 is 1.55 bits per heavy atom. The first-order valence-electron chi connectivity index (χ1n) is 11.7. The van der Waals surface area contributed by atoms with Crippen molar-refractivity contribution in [3.8, 4) is 0 Å². The van der Waals surface area contributed by atoms with Crippen LogP contribution >= 0.6 is 0 Å². The Balaban J connectivity index is 1.26. The first kappa shape index (κ1) is 20.5. The van der Waals surface area contributed by atoms with Crippen molar-refractivity contribution in [3.05, 3.63) is 48.0 Å². The molecule has 5 rings (SSSR count). The van der Waals surface area contributed by atoms with Gasteiger partial charge in [-0.05, 0) is 55.1 Å². The highest BCUT2D eigenvalue weighted by Crippen LogP contribution is 2.36. The van der Waals surface area contributed by atoms with Crippen LogP contribution in [0.25, 0.3) is 10.8 Å². The van der Waals surface area contributed by atoms with E-state index in [4.69, 9.17) is 0 Å². The van der Waals surface area contributed by atoms with Crippen LogP contribution in [0.4, 0.5) is 0 Å². The van der Waals surface area contributed by atoms with E-state index in [1.54, 1.807) is 4.90 Å². The van der Waals surface area contributed by atoms with Crippen molar-refractivity contribution in [1.29, 1.82) is 0 Å². The molecular formula is C25H32N4O2. The summed E-state index contributed by atoms with van der Waals surface area (Å²) in [4.78, 5) is 32.5. The number of rotatable bonds is 2. The Bertz CT molecular complexity index is 942. The quantitative estimate of drug-likeness (QED) is 0.758. The third-order valence-corrected chi connectivity index (χ3v) is 7.31. The molecule has 3 saturated heterocycles. The van der Waals surface area contributed by atoms with Crippen LogP contribution in [-0.2, 0) is 9.59 Å². The fourth-order valence-electron chi connectivity index (χ4n) is 5.59. The summed E-state index contributed by atoms with van der Waals surface area (Å²) in [6.45, 7) is 5.86. The van der Waals surface area contributed by atoms with E-state index in [0.29, 0.717) is 25.7 Å². The number of likely N-dealkylation sites (tertiary alicyclic amines) is 1. The average molecular weight is 421 g/mol. The SMILES string of the molecule is O=C(C(=O)N1CCCC1c1cccc2ccccc12)N1CCN(C2CCNCC2)CC1. The molecule has 0 radical (unpaired) electrons. The number of piperidine rings is 1. The molecule has 6 heteroatoms. The number of nitrogens with one attached hydrogen (secondary N) is 1. The molecule has 164 valence electrons. The number of nitrogens with zero attached hydrogens (tertiary/aromatic N) is 3. The molecule has 3 aliphatic rings. The number of amides is 2. The maximum atomic E-state index is 13.3. The van der Waals surface area contributed by atoms with Crippen LogP contribution in [0.15, 0.2) is 42.5 Å². The molecule has 2 aromatic carbocycles. The zero-order valence-corrected chi connectivity index (χ0v) is 18.1. The van der Waals surface area contributed by atoms with E-state index >= 15 is 0 Å². The van der Waals surface area contributed by atoms with Crippen molar-refractivity contribution in [2.75, 3.05) is 45.8 Å². The highest BCUT2D eigenvalue weighted by molar-refractivity contribution is 6.35. The molecule has 0 aliphatic carbocycles. The molecule has 0 saturated carbocycles. The summed E-state index contributed by atoms with van der Waals surface area (Å²) in [5.41, 5.74) is 1.16. The number of piperazine rings is 1. The van der Waals surface area contributed by atoms with Gasteiger partial charge >= 0.3 is 11.8 Å². The number of hydrogen-bond donors (Lipinski definition) is 1. The van der Waals surface area contributed by atoms with Gasteiger partial charge in [0, 0.05) is 38.8 Å². The zero-order chi connectivity index (χ0) is 21.2. The van der Waals surface area contributed by atoms with Crippen molar-refractivity contribution >= 4 is 22.6 Å². The van der Waals surface area contributed by atoms with Gasteiger partial charge in [-0.3, -0.25) is 14.5 Å². The van der Waals surface area contributed by atoms with Crippen LogP contribution in [0.2, 0.25) is 0 Å². The Labute approximate surface area is 184 Å². The number of hydrogen-bond acceptors (Lipinski definition) is 4. The van der Waals surface area contributed by atoms with Crippen LogP contribution < -0.4 is 5.32 Å². The second kappa shape index (κ2) is 8.97. The maximum Gasteiger partial charge on any atom is 0.312 e. The highest BCUT2D eigenvalue weighted by atomic mass is 16.2. The lowest BCUT2D eigenvalue weighted by Crippen LogP contribution is -2.56. The van der Waals surface area contributed by atoms with Crippen molar-refractivity contribution in [1.82, 2.24) is 20.0 Å². The second-order valence-electron chi connectivity index (χ2n) is 9.03. The van der Waals surface area contributed by atoms with E-state index in [1.807, 2.05) is 17.0 Å². The third kappa shape index (κ3) is 4.06. The summed E-state index contributed by atoms with van der Waals surface area (Å²) in [6, 6.07) is 15.2. The summed E-state index contributed by atoms with van der Waals surface area (Å²) < 4.78 is 0. The average Bonchev–Trinajstić information content (AvgIpc) is 3.33. The van der Waals surface area contributed by atoms with E-state index in [0.717, 1.165) is 44.6 Å². The predicted molar refractivity (Wildman–Crippen MR) is 122 cm³/mol. The second-order valence-corrected chi connectivity index (χ2v) is 9.03. The van der Waals surface area contributed by atoms with Gasteiger partial charge in [-0.2, -0.15) is 0 Å². The smallest absolute Gasteiger partial charge is 0.312 e. The van der Waals surface area contributed by atoms with Crippen LogP contribution in [-0.4, -0.2) is 78.4 Å². The molecule has 1 unspecified atom stereocenters. The summed E-state index contributed by atoms with van der Waals surface area (Å²) >= 11 is 0. The normalized spacial score (nSPS) is 23.4. The number of carbonyl (C=O) groups excluding carboxylic acids is 2. The largest absolute Gasteiger partial charge is 0.332 e. The van der Waals surface area contributed by atoms with E-state index in [2.05, 4.69) is 40.5 Å². The van der Waals surface area contributed by atoms with E-state index in [9.17, 15) is 9.59 Å². The minimum Gasteiger partial charge on any atom is -0.332 e. The standard InChI is InChI=1S/C25H32N4O2/c30-24(28-17-15-27(16-18-28)20-10-12-26-13-11-20)25(31)29-14-4-9-23(29)22-8-3-6-19-5-1-2-7-21(19)22/h1-3,5-8,20,23,26H,4,9-18H2. The van der Waals surface area contributed by atoms with E-state index in [1.165, 1.54) is 23.6 Å². The Kier molecular flexibility index (Phi) is 5.92. The number of benzene rings is 2. The third-order valence-electron chi connectivity index (χ3n) is 7.31. The Hall–Kier alpha value is -2.44. The summed E-state index contributed by atoms with van der Waals surface area (Å²) in [5, 5.41) is 5.77. The van der Waals surface area contributed by atoms with Crippen molar-refractivity contribution in [2.45, 2.75) is 37.8 Å². The van der Waals surface area contributed by atoms with Gasteiger partial charge in [0.2, 0.25) is 0 Å². The van der Waals surface area contributed by atoms with Gasteiger partial charge in [0.05, 0.1) is 6.04 Å². The fraction of sp³-hybridized carbons (Fsp3) is 0.520. The van der Waals surface area contributed by atoms with Gasteiger partial charge in [0.15, 0.2) is 0 Å². The van der Waals surface area contributed by atoms with Gasteiger partial charge < -0.3 is 15.1 Å². The molecular weight excluding hydrogens is 388 g/mol. The van der Waals surface area contributed by atoms with Crippen LogP contribution in [0.1, 0.15) is 37.3 Å². The number of fused-ring (bicyclic) bond motifs is 1. The molecule has 1 N–H and O–H groups in total. The molecule has 3 aliphatic heterocycles. The first-order chi connectivity index (χ1) is 15.2. The lowest BCUT2D eigenvalue weighted by molar-refractivity contribution is -0.153. The monoisotopic (exact) mass is 420 g/mol. The van der Waals surface area contributed by atoms with Crippen molar-refractivity contribution in [3.63, 3.8) is 0 Å². The highest BCUT2D eigenvalue weighted by Gasteiger charge is 2.37. The minimum atomic E-state index is -0.328. The zero-order valence-electron chi connectivity index (χ0n) is 18.1. The van der Waals surface area contributed by atoms with Crippen LogP contribution in [0.5, 0.6) is 0 Å². The summed E-state index contributed by atoms with van der Waals surface area (Å²) in [5.74, 6) is -0.650. The molecule has 2 amide bonds. The van der Waals surface area contributed by atoms with Crippen LogP contribution in [0.3, 0.4) is 0 Å². The lowest BCUT2D eigenvalue weighted by Gasteiger charge is -2.41. The van der Waals surface area contributed by atoms with Crippen LogP contribution in [0, 0.1) is 0 Å². The van der Waals surface area contributed by atoms with E-state index in [-0.39, 0.29) is 17.9 Å². The van der Waals surface area contributed by atoms with E-state index < -0.39 is 0 Å². The van der Waals surface area contributed by atoms with Gasteiger partial charge in [-0.15, -0.1) is 0 Å². The molecule has 0 aromatic heterocycles. The predicted octanol–water partition coefficient (Wildman–Crippen LogP) is 2.40. The fourth-order valence-corrected chi connectivity index (χ4v) is 5.59. The van der Waals surface area contributed by atoms with Gasteiger partial charge in [0.1, 0.15) is 0 Å². The molecule has 31 heavy (non-hydrogen) atoms. The minimum absolute atomic E-state index is 0.0152.